The van der Waals surface area contributed by atoms with Gasteiger partial charge in [0.25, 0.3) is 5.91 Å². The van der Waals surface area contributed by atoms with Gasteiger partial charge in [-0.15, -0.1) is 0 Å². The van der Waals surface area contributed by atoms with Crippen LogP contribution in [-0.2, 0) is 6.54 Å². The lowest BCUT2D eigenvalue weighted by Gasteiger charge is -2.16. The van der Waals surface area contributed by atoms with E-state index < -0.39 is 0 Å². The van der Waals surface area contributed by atoms with Crippen LogP contribution in [-0.4, -0.2) is 51.0 Å². The average molecular weight is 398 g/mol. The Kier molecular flexibility index (Phi) is 4.84. The molecule has 4 rings (SSSR count). The quantitative estimate of drug-likeness (QED) is 0.687. The number of nitrogens with one attached hydrogen (secondary N) is 1. The number of benzene rings is 2. The van der Waals surface area contributed by atoms with Crippen LogP contribution in [0.25, 0.3) is 10.9 Å². The van der Waals surface area contributed by atoms with Crippen molar-refractivity contribution in [3.05, 3.63) is 41.6 Å². The number of carbonyl (C=O) groups is 1. The van der Waals surface area contributed by atoms with E-state index in [9.17, 15) is 4.79 Å². The number of aromatic amines is 1. The molecule has 2 heterocycles. The molecule has 1 N–H and O–H groups in total. The minimum atomic E-state index is -0.165. The summed E-state index contributed by atoms with van der Waals surface area (Å²) in [6, 6.07) is 9.14. The van der Waals surface area contributed by atoms with Gasteiger partial charge >= 0.3 is 0 Å². The zero-order valence-electron chi connectivity index (χ0n) is 16.7. The Morgan fingerprint density at radius 3 is 2.52 bits per heavy atom. The predicted octanol–water partition coefficient (Wildman–Crippen LogP) is 3.19. The van der Waals surface area contributed by atoms with Crippen LogP contribution < -0.4 is 23.7 Å². The van der Waals surface area contributed by atoms with E-state index in [-0.39, 0.29) is 12.7 Å². The molecule has 2 aromatic carbocycles. The van der Waals surface area contributed by atoms with E-state index in [4.69, 9.17) is 23.7 Å². The number of H-pyrrole nitrogens is 1. The molecule has 0 bridgehead atoms. The third kappa shape index (κ3) is 3.26. The lowest BCUT2D eigenvalue weighted by molar-refractivity contribution is 0.0780. The highest BCUT2D eigenvalue weighted by atomic mass is 16.7. The number of aromatic nitrogens is 1. The highest BCUT2D eigenvalue weighted by Gasteiger charge is 2.22. The smallest absolute Gasteiger partial charge is 0.270 e. The summed E-state index contributed by atoms with van der Waals surface area (Å²) in [7, 11) is 6.42. The number of amides is 1. The fraction of sp³-hybridized carbons (Fsp3) is 0.286. The number of hydrogen-bond acceptors (Lipinski definition) is 6. The molecule has 1 aliphatic heterocycles. The second-order valence-corrected chi connectivity index (χ2v) is 6.63. The van der Waals surface area contributed by atoms with E-state index in [0.29, 0.717) is 46.5 Å². The van der Waals surface area contributed by atoms with Crippen LogP contribution in [0.4, 0.5) is 0 Å². The Morgan fingerprint density at radius 1 is 1.03 bits per heavy atom. The summed E-state index contributed by atoms with van der Waals surface area (Å²) < 4.78 is 27.0. The number of carbonyl (C=O) groups excluding carboxylic acids is 1. The molecule has 29 heavy (non-hydrogen) atoms. The van der Waals surface area contributed by atoms with Crippen molar-refractivity contribution in [2.45, 2.75) is 6.54 Å². The van der Waals surface area contributed by atoms with Crippen molar-refractivity contribution in [2.24, 2.45) is 0 Å². The molecule has 0 radical (unpaired) electrons. The normalized spacial score (nSPS) is 12.1. The Balaban J connectivity index is 1.64. The maximum Gasteiger partial charge on any atom is 0.270 e. The van der Waals surface area contributed by atoms with Gasteiger partial charge < -0.3 is 33.6 Å². The van der Waals surface area contributed by atoms with E-state index in [2.05, 4.69) is 4.98 Å². The third-order valence-corrected chi connectivity index (χ3v) is 4.87. The molecule has 0 aliphatic carbocycles. The lowest BCUT2D eigenvalue weighted by atomic mass is 10.2. The van der Waals surface area contributed by atoms with Crippen LogP contribution in [0.3, 0.4) is 0 Å². The second-order valence-electron chi connectivity index (χ2n) is 6.63. The van der Waals surface area contributed by atoms with Gasteiger partial charge in [0, 0.05) is 25.0 Å². The molecular weight excluding hydrogens is 376 g/mol. The first-order chi connectivity index (χ1) is 14.0. The summed E-state index contributed by atoms with van der Waals surface area (Å²) in [6.07, 6.45) is 0. The molecule has 0 unspecified atom stereocenters. The molecule has 8 nitrogen and oxygen atoms in total. The van der Waals surface area contributed by atoms with Crippen LogP contribution in [0, 0.1) is 0 Å². The Hall–Kier alpha value is -3.55. The molecule has 0 saturated carbocycles. The molecule has 0 fully saturated rings. The minimum Gasteiger partial charge on any atom is -0.496 e. The topological polar surface area (TPSA) is 82.3 Å². The van der Waals surface area contributed by atoms with Crippen molar-refractivity contribution in [1.82, 2.24) is 9.88 Å². The van der Waals surface area contributed by atoms with Gasteiger partial charge in [0.2, 0.25) is 6.79 Å². The zero-order chi connectivity index (χ0) is 20.5. The zero-order valence-corrected chi connectivity index (χ0v) is 16.7. The van der Waals surface area contributed by atoms with Crippen molar-refractivity contribution in [3.8, 4) is 28.7 Å². The summed E-state index contributed by atoms with van der Waals surface area (Å²) in [4.78, 5) is 17.8. The second kappa shape index (κ2) is 7.46. The predicted molar refractivity (Wildman–Crippen MR) is 106 cm³/mol. The number of rotatable bonds is 6. The maximum absolute atomic E-state index is 13.0. The molecule has 1 amide bonds. The van der Waals surface area contributed by atoms with Crippen molar-refractivity contribution in [2.75, 3.05) is 35.2 Å². The third-order valence-electron chi connectivity index (χ3n) is 4.87. The molecule has 0 spiro atoms. The molecule has 152 valence electrons. The van der Waals surface area contributed by atoms with Gasteiger partial charge in [0.1, 0.15) is 11.4 Å². The summed E-state index contributed by atoms with van der Waals surface area (Å²) in [5, 5.41) is 0.741. The van der Waals surface area contributed by atoms with Crippen molar-refractivity contribution < 1.29 is 28.5 Å². The summed E-state index contributed by atoms with van der Waals surface area (Å²) in [5.74, 6) is 2.86. The SMILES string of the molecule is COc1cc(OC)c2cc(C(=O)N(C)Cc3ccc4c(c3)OCO4)[nH]c2c1OC. The highest BCUT2D eigenvalue weighted by Crippen LogP contribution is 2.41. The van der Waals surface area contributed by atoms with E-state index in [1.165, 1.54) is 0 Å². The molecule has 1 aliphatic rings. The van der Waals surface area contributed by atoms with Gasteiger partial charge in [-0.05, 0) is 23.8 Å². The van der Waals surface area contributed by atoms with E-state index in [1.54, 1.807) is 45.4 Å². The van der Waals surface area contributed by atoms with Gasteiger partial charge in [0.15, 0.2) is 23.0 Å². The first-order valence-corrected chi connectivity index (χ1v) is 9.01. The van der Waals surface area contributed by atoms with Gasteiger partial charge in [-0.25, -0.2) is 0 Å². The number of nitrogens with zero attached hydrogens (tertiary/aromatic N) is 1. The molecular formula is C21H22N2O6. The molecule has 0 saturated heterocycles. The van der Waals surface area contributed by atoms with Crippen molar-refractivity contribution in [1.29, 1.82) is 0 Å². The minimum absolute atomic E-state index is 0.165. The summed E-state index contributed by atoms with van der Waals surface area (Å²) in [5.41, 5.74) is 2.01. The first kappa shape index (κ1) is 18.8. The number of methoxy groups -OCH3 is 3. The van der Waals surface area contributed by atoms with Crippen LogP contribution in [0.5, 0.6) is 28.7 Å². The monoisotopic (exact) mass is 398 g/mol. The number of fused-ring (bicyclic) bond motifs is 2. The van der Waals surface area contributed by atoms with Crippen molar-refractivity contribution >= 4 is 16.8 Å². The van der Waals surface area contributed by atoms with Crippen LogP contribution in [0.2, 0.25) is 0 Å². The molecule has 0 atom stereocenters. The first-order valence-electron chi connectivity index (χ1n) is 9.01. The lowest BCUT2D eigenvalue weighted by Crippen LogP contribution is -2.26. The van der Waals surface area contributed by atoms with E-state index in [1.807, 2.05) is 18.2 Å². The van der Waals surface area contributed by atoms with Crippen LogP contribution in [0.1, 0.15) is 16.1 Å². The van der Waals surface area contributed by atoms with Crippen molar-refractivity contribution in [3.63, 3.8) is 0 Å². The van der Waals surface area contributed by atoms with E-state index >= 15 is 0 Å². The standard InChI is InChI=1S/C21H22N2O6/c1-23(10-12-5-6-15-17(7-12)29-11-28-15)21(24)14-8-13-16(25-2)9-18(26-3)20(27-4)19(13)22-14/h5-9,22H,10-11H2,1-4H3. The summed E-state index contributed by atoms with van der Waals surface area (Å²) >= 11 is 0. The van der Waals surface area contributed by atoms with Gasteiger partial charge in [0.05, 0.1) is 26.8 Å². The summed E-state index contributed by atoms with van der Waals surface area (Å²) in [6.45, 7) is 0.637. The van der Waals surface area contributed by atoms with Gasteiger partial charge in [-0.2, -0.15) is 0 Å². The molecule has 3 aromatic rings. The largest absolute Gasteiger partial charge is 0.496 e. The highest BCUT2D eigenvalue weighted by molar-refractivity contribution is 6.02. The Bertz CT molecular complexity index is 1070. The van der Waals surface area contributed by atoms with Gasteiger partial charge in [-0.1, -0.05) is 6.07 Å². The molecule has 1 aromatic heterocycles. The van der Waals surface area contributed by atoms with Crippen LogP contribution in [0.15, 0.2) is 30.3 Å². The maximum atomic E-state index is 13.0. The number of hydrogen-bond donors (Lipinski definition) is 1. The van der Waals surface area contributed by atoms with Gasteiger partial charge in [-0.3, -0.25) is 4.79 Å². The van der Waals surface area contributed by atoms with Crippen LogP contribution >= 0.6 is 0 Å². The Labute approximate surface area is 167 Å². The Morgan fingerprint density at radius 2 is 1.79 bits per heavy atom. The molecule has 8 heteroatoms. The fourth-order valence-electron chi connectivity index (χ4n) is 3.44. The average Bonchev–Trinajstić information content (AvgIpc) is 3.38. The fourth-order valence-corrected chi connectivity index (χ4v) is 3.44. The number of ether oxygens (including phenoxy) is 5. The van der Waals surface area contributed by atoms with E-state index in [0.717, 1.165) is 10.9 Å².